The first-order valence-electron chi connectivity index (χ1n) is 12.4. The van der Waals surface area contributed by atoms with Gasteiger partial charge in [-0.2, -0.15) is 0 Å². The van der Waals surface area contributed by atoms with Crippen LogP contribution in [-0.4, -0.2) is 108 Å². The number of aliphatic carboxylic acids is 2. The highest BCUT2D eigenvalue weighted by atomic mass is 16.6. The minimum atomic E-state index is -1.82. The Morgan fingerprint density at radius 3 is 1.06 bits per heavy atom. The molecule has 0 aliphatic carbocycles. The summed E-state index contributed by atoms with van der Waals surface area (Å²) >= 11 is 0. The van der Waals surface area contributed by atoms with Crippen molar-refractivity contribution in [1.29, 1.82) is 0 Å². The zero-order valence-electron chi connectivity index (χ0n) is 22.2. The van der Waals surface area contributed by atoms with E-state index in [1.807, 2.05) is 41.5 Å². The molecule has 0 unspecified atom stereocenters. The lowest BCUT2D eigenvalue weighted by atomic mass is 9.82. The highest BCUT2D eigenvalue weighted by molar-refractivity contribution is 6.27. The molecule has 36 heavy (non-hydrogen) atoms. The number of carbonyl (C=O) groups is 4. The van der Waals surface area contributed by atoms with E-state index in [1.165, 1.54) is 0 Å². The largest absolute Gasteiger partial charge is 0.473 e. The fourth-order valence-corrected chi connectivity index (χ4v) is 3.86. The molecule has 4 aliphatic rings. The normalized spacial score (nSPS) is 20.6. The topological polar surface area (TPSA) is 158 Å². The highest BCUT2D eigenvalue weighted by Gasteiger charge is 2.41. The van der Waals surface area contributed by atoms with Gasteiger partial charge in [0.1, 0.15) is 11.2 Å². The number of carboxylic acids is 2. The molecule has 0 aromatic rings. The van der Waals surface area contributed by atoms with Gasteiger partial charge in [0.05, 0.1) is 0 Å². The summed E-state index contributed by atoms with van der Waals surface area (Å²) < 4.78 is 10.6. The van der Waals surface area contributed by atoms with Crippen molar-refractivity contribution in [2.24, 2.45) is 23.7 Å². The molecule has 4 rings (SSSR count). The van der Waals surface area contributed by atoms with Crippen LogP contribution in [0.15, 0.2) is 0 Å². The van der Waals surface area contributed by atoms with E-state index >= 15 is 0 Å². The number of nitrogens with one attached hydrogen (secondary N) is 2. The molecule has 0 atom stereocenters. The lowest BCUT2D eigenvalue weighted by molar-refractivity contribution is -0.159. The molecule has 4 aliphatic heterocycles. The Hall–Kier alpha value is -2.60. The van der Waals surface area contributed by atoms with Gasteiger partial charge in [0.15, 0.2) is 0 Å². The standard InChI is InChI=1S/2C11H20N2O2.C2H2O4/c2*1-11(2,3)15-10(14)13-6-9(7-13)8-4-12-5-8;3-1(4)2(5)6/h2*8-9,12H,4-7H2,1-3H3;(H,3,4)(H,5,6). The molecule has 4 saturated heterocycles. The van der Waals surface area contributed by atoms with Crippen LogP contribution in [-0.2, 0) is 19.1 Å². The second-order valence-electron chi connectivity index (χ2n) is 11.7. The zero-order valence-corrected chi connectivity index (χ0v) is 22.2. The van der Waals surface area contributed by atoms with Crippen molar-refractivity contribution >= 4 is 24.1 Å². The van der Waals surface area contributed by atoms with E-state index in [4.69, 9.17) is 29.3 Å². The molecular formula is C24H42N4O8. The van der Waals surface area contributed by atoms with E-state index in [0.717, 1.165) is 64.2 Å². The zero-order chi connectivity index (χ0) is 27.3. The van der Waals surface area contributed by atoms with Gasteiger partial charge in [-0.15, -0.1) is 0 Å². The van der Waals surface area contributed by atoms with Crippen molar-refractivity contribution in [1.82, 2.24) is 20.4 Å². The van der Waals surface area contributed by atoms with E-state index in [0.29, 0.717) is 11.8 Å². The molecule has 0 bridgehead atoms. The Morgan fingerprint density at radius 2 is 0.889 bits per heavy atom. The minimum Gasteiger partial charge on any atom is -0.473 e. The van der Waals surface area contributed by atoms with Gasteiger partial charge in [0, 0.05) is 26.2 Å². The van der Waals surface area contributed by atoms with Crippen LogP contribution in [0.3, 0.4) is 0 Å². The fourth-order valence-electron chi connectivity index (χ4n) is 3.86. The van der Waals surface area contributed by atoms with E-state index in [2.05, 4.69) is 10.6 Å². The first-order chi connectivity index (χ1) is 16.6. The number of carbonyl (C=O) groups excluding carboxylic acids is 2. The Kier molecular flexibility index (Phi) is 9.95. The predicted octanol–water partition coefficient (Wildman–Crippen LogP) is 1.30. The van der Waals surface area contributed by atoms with Crippen LogP contribution in [0.2, 0.25) is 0 Å². The average molecular weight is 515 g/mol. The third kappa shape index (κ3) is 9.45. The molecule has 0 spiro atoms. The van der Waals surface area contributed by atoms with Crippen LogP contribution in [0.5, 0.6) is 0 Å². The van der Waals surface area contributed by atoms with E-state index in [9.17, 15) is 9.59 Å². The monoisotopic (exact) mass is 514 g/mol. The molecule has 12 nitrogen and oxygen atoms in total. The Bertz CT molecular complexity index is 721. The number of hydrogen-bond acceptors (Lipinski definition) is 8. The summed E-state index contributed by atoms with van der Waals surface area (Å²) in [5.74, 6) is -0.699. The number of carboxylic acid groups (broad SMARTS) is 2. The minimum absolute atomic E-state index is 0.161. The van der Waals surface area contributed by atoms with Crippen LogP contribution in [0.4, 0.5) is 9.59 Å². The van der Waals surface area contributed by atoms with Gasteiger partial charge < -0.3 is 40.1 Å². The summed E-state index contributed by atoms with van der Waals surface area (Å²) in [4.78, 5) is 45.0. The van der Waals surface area contributed by atoms with E-state index < -0.39 is 11.9 Å². The summed E-state index contributed by atoms with van der Waals surface area (Å²) in [6.07, 6.45) is -0.322. The number of ether oxygens (including phenoxy) is 2. The third-order valence-corrected chi connectivity index (χ3v) is 6.27. The molecule has 12 heteroatoms. The Labute approximate surface area is 212 Å². The van der Waals surface area contributed by atoms with Crippen LogP contribution in [0.25, 0.3) is 0 Å². The van der Waals surface area contributed by atoms with Crippen molar-refractivity contribution in [2.75, 3.05) is 52.4 Å². The Morgan fingerprint density at radius 1 is 0.611 bits per heavy atom. The summed E-state index contributed by atoms with van der Waals surface area (Å²) in [6, 6.07) is 0. The fraction of sp³-hybridized carbons (Fsp3) is 0.833. The second kappa shape index (κ2) is 12.1. The van der Waals surface area contributed by atoms with Crippen molar-refractivity contribution in [3.63, 3.8) is 0 Å². The first kappa shape index (κ1) is 29.6. The number of amides is 2. The number of rotatable bonds is 2. The SMILES string of the molecule is CC(C)(C)OC(=O)N1CC(C2CNC2)C1.CC(C)(C)OC(=O)N1CC(C2CNC2)C1.O=C(O)C(=O)O. The first-order valence-corrected chi connectivity index (χ1v) is 12.4. The van der Waals surface area contributed by atoms with Gasteiger partial charge in [0.25, 0.3) is 0 Å². The van der Waals surface area contributed by atoms with Crippen molar-refractivity contribution in [3.8, 4) is 0 Å². The summed E-state index contributed by atoms with van der Waals surface area (Å²) in [5.41, 5.74) is -0.750. The molecule has 4 N–H and O–H groups in total. The van der Waals surface area contributed by atoms with Crippen LogP contribution < -0.4 is 10.6 Å². The van der Waals surface area contributed by atoms with E-state index in [-0.39, 0.29) is 23.4 Å². The molecule has 0 saturated carbocycles. The highest BCUT2D eigenvalue weighted by Crippen LogP contribution is 2.28. The molecule has 2 amide bonds. The molecule has 4 heterocycles. The summed E-state index contributed by atoms with van der Waals surface area (Å²) in [5, 5.41) is 21.3. The lowest BCUT2D eigenvalue weighted by Crippen LogP contribution is -2.60. The van der Waals surface area contributed by atoms with Gasteiger partial charge in [-0.3, -0.25) is 0 Å². The summed E-state index contributed by atoms with van der Waals surface area (Å²) in [6.45, 7) is 19.4. The maximum Gasteiger partial charge on any atom is 0.414 e. The predicted molar refractivity (Wildman–Crippen MR) is 131 cm³/mol. The maximum atomic E-state index is 11.6. The molecule has 4 fully saturated rings. The van der Waals surface area contributed by atoms with Crippen molar-refractivity contribution in [2.45, 2.75) is 52.7 Å². The smallest absolute Gasteiger partial charge is 0.414 e. The maximum absolute atomic E-state index is 11.6. The van der Waals surface area contributed by atoms with Crippen LogP contribution >= 0.6 is 0 Å². The molecule has 0 aromatic heterocycles. The third-order valence-electron chi connectivity index (χ3n) is 6.27. The van der Waals surface area contributed by atoms with Gasteiger partial charge in [-0.25, -0.2) is 19.2 Å². The van der Waals surface area contributed by atoms with Gasteiger partial charge in [-0.05, 0) is 91.4 Å². The van der Waals surface area contributed by atoms with Crippen LogP contribution in [0, 0.1) is 23.7 Å². The van der Waals surface area contributed by atoms with Crippen molar-refractivity contribution in [3.05, 3.63) is 0 Å². The number of nitrogens with zero attached hydrogens (tertiary/aromatic N) is 2. The van der Waals surface area contributed by atoms with E-state index in [1.54, 1.807) is 9.80 Å². The number of hydrogen-bond donors (Lipinski definition) is 4. The number of likely N-dealkylation sites (tertiary alicyclic amines) is 2. The second-order valence-corrected chi connectivity index (χ2v) is 11.7. The van der Waals surface area contributed by atoms with Gasteiger partial charge in [-0.1, -0.05) is 0 Å². The molecule has 0 aromatic carbocycles. The average Bonchev–Trinajstić information content (AvgIpc) is 2.54. The molecule has 0 radical (unpaired) electrons. The lowest BCUT2D eigenvalue weighted by Gasteiger charge is -2.46. The summed E-state index contributed by atoms with van der Waals surface area (Å²) in [7, 11) is 0. The van der Waals surface area contributed by atoms with Crippen LogP contribution in [0.1, 0.15) is 41.5 Å². The molecule has 206 valence electrons. The Balaban J connectivity index is 0.000000208. The van der Waals surface area contributed by atoms with Gasteiger partial charge in [0.2, 0.25) is 0 Å². The van der Waals surface area contributed by atoms with Gasteiger partial charge >= 0.3 is 24.1 Å². The van der Waals surface area contributed by atoms with Crippen molar-refractivity contribution < 1.29 is 38.9 Å². The molecular weight excluding hydrogens is 472 g/mol. The quantitative estimate of drug-likeness (QED) is 0.396.